The molecule has 0 atom stereocenters. The van der Waals surface area contributed by atoms with Crippen LogP contribution in [0.3, 0.4) is 0 Å². The van der Waals surface area contributed by atoms with Crippen molar-refractivity contribution in [3.63, 3.8) is 0 Å². The Kier molecular flexibility index (Phi) is 4.65. The smallest absolute Gasteiger partial charge is 0.345 e. The van der Waals surface area contributed by atoms with Crippen LogP contribution in [-0.4, -0.2) is 11.7 Å². The van der Waals surface area contributed by atoms with Crippen LogP contribution in [0.5, 0.6) is 0 Å². The van der Waals surface area contributed by atoms with E-state index in [0.717, 1.165) is 6.92 Å². The Morgan fingerprint density at radius 2 is 1.38 bits per heavy atom. The number of halogens is 6. The number of carbonyl (C=O) groups is 2. The molecule has 0 saturated heterocycles. The maximum Gasteiger partial charge on any atom is 0.416 e. The summed E-state index contributed by atoms with van der Waals surface area (Å²) < 4.78 is 75.3. The van der Waals surface area contributed by atoms with Gasteiger partial charge in [0.15, 0.2) is 0 Å². The van der Waals surface area contributed by atoms with Gasteiger partial charge in [-0.05, 0) is 23.8 Å². The minimum Gasteiger partial charge on any atom is -0.345 e. The third-order valence-electron chi connectivity index (χ3n) is 2.42. The molecule has 0 aliphatic carbocycles. The molecule has 116 valence electrons. The number of carbonyl (C=O) groups excluding carboxylic acids is 2. The quantitative estimate of drug-likeness (QED) is 0.689. The highest BCUT2D eigenvalue weighted by Gasteiger charge is 2.36. The lowest BCUT2D eigenvalue weighted by Gasteiger charge is -2.14. The molecule has 1 amide bonds. The van der Waals surface area contributed by atoms with Gasteiger partial charge in [-0.15, -0.1) is 0 Å². The lowest BCUT2D eigenvalue weighted by atomic mass is 10.0. The van der Waals surface area contributed by atoms with E-state index in [2.05, 4.69) is 0 Å². The molecular weight excluding hydrogens is 304 g/mol. The van der Waals surface area contributed by atoms with Crippen LogP contribution in [0.15, 0.2) is 18.2 Å². The van der Waals surface area contributed by atoms with Gasteiger partial charge in [-0.25, -0.2) is 0 Å². The first-order valence-corrected chi connectivity index (χ1v) is 5.48. The molecule has 0 bridgehead atoms. The maximum absolute atomic E-state index is 12.6. The summed E-state index contributed by atoms with van der Waals surface area (Å²) in [5, 5.41) is 1.93. The van der Waals surface area contributed by atoms with Crippen LogP contribution in [0.2, 0.25) is 0 Å². The van der Waals surface area contributed by atoms with Crippen molar-refractivity contribution >= 4 is 11.7 Å². The summed E-state index contributed by atoms with van der Waals surface area (Å²) in [7, 11) is 0. The molecule has 1 rings (SSSR count). The summed E-state index contributed by atoms with van der Waals surface area (Å²) in [4.78, 5) is 21.6. The molecule has 0 spiro atoms. The van der Waals surface area contributed by atoms with Crippen molar-refractivity contribution in [2.45, 2.75) is 25.8 Å². The van der Waals surface area contributed by atoms with Crippen LogP contribution in [0.25, 0.3) is 0 Å². The van der Waals surface area contributed by atoms with Gasteiger partial charge in [0.25, 0.3) is 5.91 Å². The summed E-state index contributed by atoms with van der Waals surface area (Å²) in [6.45, 7) is 0.300. The first-order chi connectivity index (χ1) is 9.41. The number of rotatable bonds is 3. The molecule has 0 saturated carbocycles. The van der Waals surface area contributed by atoms with Crippen molar-refractivity contribution in [1.82, 2.24) is 5.32 Å². The van der Waals surface area contributed by atoms with E-state index >= 15 is 0 Å². The number of benzene rings is 1. The normalized spacial score (nSPS) is 12.1. The Morgan fingerprint density at radius 3 is 1.71 bits per heavy atom. The molecule has 0 radical (unpaired) electrons. The molecule has 0 aliphatic heterocycles. The van der Waals surface area contributed by atoms with E-state index in [4.69, 9.17) is 0 Å². The number of alkyl halides is 6. The monoisotopic (exact) mass is 313 g/mol. The molecule has 1 N–H and O–H groups in total. The Labute approximate surface area is 114 Å². The third kappa shape index (κ3) is 4.76. The number of ketones is 1. The van der Waals surface area contributed by atoms with Gasteiger partial charge < -0.3 is 5.32 Å². The van der Waals surface area contributed by atoms with Gasteiger partial charge in [0.1, 0.15) is 0 Å². The molecule has 3 nitrogen and oxygen atoms in total. The van der Waals surface area contributed by atoms with Crippen molar-refractivity contribution in [2.75, 3.05) is 0 Å². The fourth-order valence-corrected chi connectivity index (χ4v) is 1.43. The van der Waals surface area contributed by atoms with E-state index in [1.54, 1.807) is 0 Å². The third-order valence-corrected chi connectivity index (χ3v) is 2.42. The summed E-state index contributed by atoms with van der Waals surface area (Å²) in [6, 6.07) is 0.946. The van der Waals surface area contributed by atoms with E-state index in [-0.39, 0.29) is 6.07 Å². The van der Waals surface area contributed by atoms with Crippen molar-refractivity contribution in [3.05, 3.63) is 34.9 Å². The van der Waals surface area contributed by atoms with Gasteiger partial charge in [-0.2, -0.15) is 26.3 Å². The average Bonchev–Trinajstić information content (AvgIpc) is 2.33. The number of hydrogen-bond acceptors (Lipinski definition) is 2. The second kappa shape index (κ2) is 5.74. The lowest BCUT2D eigenvalue weighted by molar-refractivity contribution is -0.143. The SMILES string of the molecule is CC(=O)C(=O)NCc1cc(C(F)(F)F)cc(C(F)(F)F)c1. The first-order valence-electron chi connectivity index (χ1n) is 5.48. The van der Waals surface area contributed by atoms with Crippen molar-refractivity contribution in [3.8, 4) is 0 Å². The summed E-state index contributed by atoms with van der Waals surface area (Å²) in [5.41, 5.74) is -3.37. The van der Waals surface area contributed by atoms with E-state index < -0.39 is 47.3 Å². The Balaban J connectivity index is 3.14. The molecule has 0 aliphatic rings. The molecule has 1 aromatic carbocycles. The highest BCUT2D eigenvalue weighted by atomic mass is 19.4. The average molecular weight is 313 g/mol. The molecular formula is C12H9F6NO2. The van der Waals surface area contributed by atoms with Crippen LogP contribution >= 0.6 is 0 Å². The summed E-state index contributed by atoms with van der Waals surface area (Å²) >= 11 is 0. The Bertz CT molecular complexity index is 530. The zero-order chi connectivity index (χ0) is 16.4. The molecule has 21 heavy (non-hydrogen) atoms. The van der Waals surface area contributed by atoms with Gasteiger partial charge in [-0.1, -0.05) is 0 Å². The fraction of sp³-hybridized carbons (Fsp3) is 0.333. The van der Waals surface area contributed by atoms with Crippen molar-refractivity contribution in [2.24, 2.45) is 0 Å². The standard InChI is InChI=1S/C12H9F6NO2/c1-6(20)10(21)19-5-7-2-8(11(13,14)15)4-9(3-7)12(16,17)18/h2-4H,5H2,1H3,(H,19,21). The van der Waals surface area contributed by atoms with Gasteiger partial charge in [0.05, 0.1) is 11.1 Å². The summed E-state index contributed by atoms with van der Waals surface area (Å²) in [5.74, 6) is -2.00. The molecule has 0 unspecified atom stereocenters. The number of hydrogen-bond donors (Lipinski definition) is 1. The van der Waals surface area contributed by atoms with Crippen LogP contribution in [0, 0.1) is 0 Å². The predicted molar refractivity (Wildman–Crippen MR) is 59.0 cm³/mol. The van der Waals surface area contributed by atoms with E-state index in [1.807, 2.05) is 5.32 Å². The molecule has 9 heteroatoms. The van der Waals surface area contributed by atoms with Crippen LogP contribution in [-0.2, 0) is 28.5 Å². The van der Waals surface area contributed by atoms with Gasteiger partial charge in [0.2, 0.25) is 5.78 Å². The van der Waals surface area contributed by atoms with Gasteiger partial charge in [0, 0.05) is 13.5 Å². The second-order valence-electron chi connectivity index (χ2n) is 4.15. The maximum atomic E-state index is 12.6. The minimum atomic E-state index is -4.96. The first kappa shape index (κ1) is 17.0. The van der Waals surface area contributed by atoms with Crippen LogP contribution < -0.4 is 5.32 Å². The van der Waals surface area contributed by atoms with Crippen LogP contribution in [0.1, 0.15) is 23.6 Å². The second-order valence-corrected chi connectivity index (χ2v) is 4.15. The Morgan fingerprint density at radius 1 is 0.952 bits per heavy atom. The largest absolute Gasteiger partial charge is 0.416 e. The highest BCUT2D eigenvalue weighted by molar-refractivity contribution is 6.35. The zero-order valence-electron chi connectivity index (χ0n) is 10.5. The molecule has 0 aromatic heterocycles. The highest BCUT2D eigenvalue weighted by Crippen LogP contribution is 2.36. The van der Waals surface area contributed by atoms with E-state index in [1.165, 1.54) is 0 Å². The van der Waals surface area contributed by atoms with Crippen LogP contribution in [0.4, 0.5) is 26.3 Å². The fourth-order valence-electron chi connectivity index (χ4n) is 1.43. The number of Topliss-reactive ketones (excluding diaryl/α,β-unsaturated/α-hetero) is 1. The predicted octanol–water partition coefficient (Wildman–Crippen LogP) is 2.93. The number of amides is 1. The molecule has 0 fully saturated rings. The number of nitrogens with one attached hydrogen (secondary N) is 1. The van der Waals surface area contributed by atoms with Crippen molar-refractivity contribution < 1.29 is 35.9 Å². The minimum absolute atomic E-state index is 0.0176. The van der Waals surface area contributed by atoms with Gasteiger partial charge >= 0.3 is 12.4 Å². The van der Waals surface area contributed by atoms with E-state index in [9.17, 15) is 35.9 Å². The van der Waals surface area contributed by atoms with E-state index in [0.29, 0.717) is 12.1 Å². The Hall–Kier alpha value is -2.06. The molecule has 1 aromatic rings. The zero-order valence-corrected chi connectivity index (χ0v) is 10.5. The van der Waals surface area contributed by atoms with Gasteiger partial charge in [-0.3, -0.25) is 9.59 Å². The summed E-state index contributed by atoms with van der Waals surface area (Å²) in [6.07, 6.45) is -9.92. The molecule has 0 heterocycles. The van der Waals surface area contributed by atoms with Crippen molar-refractivity contribution in [1.29, 1.82) is 0 Å². The topological polar surface area (TPSA) is 46.2 Å². The lowest BCUT2D eigenvalue weighted by Crippen LogP contribution is -2.28.